The molecular formula is C14H28N2O2. The van der Waals surface area contributed by atoms with E-state index in [1.165, 1.54) is 0 Å². The maximum Gasteiger partial charge on any atom is 0.221 e. The van der Waals surface area contributed by atoms with Gasteiger partial charge in [0.1, 0.15) is 5.78 Å². The van der Waals surface area contributed by atoms with E-state index >= 15 is 0 Å². The molecule has 0 aliphatic carbocycles. The van der Waals surface area contributed by atoms with E-state index in [1.807, 2.05) is 13.8 Å². The number of ketones is 1. The summed E-state index contributed by atoms with van der Waals surface area (Å²) in [6.45, 7) is 9.35. The van der Waals surface area contributed by atoms with Crippen LogP contribution in [0.15, 0.2) is 0 Å². The van der Waals surface area contributed by atoms with Gasteiger partial charge in [0.05, 0.1) is 0 Å². The normalized spacial score (nSPS) is 11.0. The minimum atomic E-state index is 0.0818. The van der Waals surface area contributed by atoms with Gasteiger partial charge >= 0.3 is 0 Å². The number of nitrogens with one attached hydrogen (secondary N) is 2. The van der Waals surface area contributed by atoms with Crippen molar-refractivity contribution in [1.29, 1.82) is 0 Å². The lowest BCUT2D eigenvalue weighted by Gasteiger charge is -2.08. The molecule has 4 heteroatoms. The first-order chi connectivity index (χ1) is 8.43. The predicted octanol–water partition coefficient (Wildman–Crippen LogP) is 1.89. The molecule has 0 saturated heterocycles. The van der Waals surface area contributed by atoms with Crippen LogP contribution in [0.3, 0.4) is 0 Å². The molecule has 0 aromatic heterocycles. The molecule has 1 amide bonds. The number of unbranched alkanes of at least 4 members (excludes halogenated alkanes) is 1. The third-order valence-electron chi connectivity index (χ3n) is 2.72. The molecule has 0 aliphatic heterocycles. The van der Waals surface area contributed by atoms with Crippen LogP contribution in [0.5, 0.6) is 0 Å². The largest absolute Gasteiger partial charge is 0.356 e. The fourth-order valence-electron chi connectivity index (χ4n) is 1.50. The van der Waals surface area contributed by atoms with Crippen LogP contribution in [0.2, 0.25) is 0 Å². The Balaban J connectivity index is 3.38. The molecule has 2 N–H and O–H groups in total. The van der Waals surface area contributed by atoms with E-state index in [-0.39, 0.29) is 11.8 Å². The molecule has 0 aromatic rings. The molecule has 4 nitrogen and oxygen atoms in total. The summed E-state index contributed by atoms with van der Waals surface area (Å²) in [6, 6.07) is 0.417. The molecule has 0 aliphatic rings. The zero-order valence-electron chi connectivity index (χ0n) is 12.2. The van der Waals surface area contributed by atoms with Crippen LogP contribution in [0, 0.1) is 5.92 Å². The third kappa shape index (κ3) is 10.3. The summed E-state index contributed by atoms with van der Waals surface area (Å²) < 4.78 is 0. The van der Waals surface area contributed by atoms with Gasteiger partial charge in [0, 0.05) is 37.9 Å². The third-order valence-corrected chi connectivity index (χ3v) is 2.72. The molecule has 0 radical (unpaired) electrons. The summed E-state index contributed by atoms with van der Waals surface area (Å²) in [5.41, 5.74) is 0. The van der Waals surface area contributed by atoms with E-state index in [0.29, 0.717) is 31.2 Å². The Hall–Kier alpha value is -0.900. The Bertz CT molecular complexity index is 250. The van der Waals surface area contributed by atoms with Crippen LogP contribution in [0.4, 0.5) is 0 Å². The zero-order valence-corrected chi connectivity index (χ0v) is 12.2. The number of hydrogen-bond acceptors (Lipinski definition) is 3. The number of hydrogen-bond donors (Lipinski definition) is 2. The van der Waals surface area contributed by atoms with Gasteiger partial charge in [-0.3, -0.25) is 9.59 Å². The van der Waals surface area contributed by atoms with Crippen molar-refractivity contribution in [2.24, 2.45) is 5.92 Å². The second-order valence-electron chi connectivity index (χ2n) is 5.29. The molecule has 0 unspecified atom stereocenters. The molecular weight excluding hydrogens is 228 g/mol. The SMILES string of the molecule is CC(C)NCCC(=O)NCCCCC(=O)C(C)C. The van der Waals surface area contributed by atoms with Crippen LogP contribution >= 0.6 is 0 Å². The van der Waals surface area contributed by atoms with Gasteiger partial charge in [0.2, 0.25) is 5.91 Å². The smallest absolute Gasteiger partial charge is 0.221 e. The van der Waals surface area contributed by atoms with Crippen molar-refractivity contribution >= 4 is 11.7 Å². The molecule has 0 atom stereocenters. The van der Waals surface area contributed by atoms with Gasteiger partial charge in [-0.2, -0.15) is 0 Å². The highest BCUT2D eigenvalue weighted by atomic mass is 16.1. The summed E-state index contributed by atoms with van der Waals surface area (Å²) in [4.78, 5) is 22.8. The monoisotopic (exact) mass is 256 g/mol. The second kappa shape index (κ2) is 10.1. The van der Waals surface area contributed by atoms with Crippen LogP contribution in [-0.4, -0.2) is 30.8 Å². The average Bonchev–Trinajstić information content (AvgIpc) is 2.27. The summed E-state index contributed by atoms with van der Waals surface area (Å²) in [7, 11) is 0. The molecule has 0 aromatic carbocycles. The van der Waals surface area contributed by atoms with Crippen molar-refractivity contribution in [2.75, 3.05) is 13.1 Å². The maximum atomic E-state index is 11.4. The lowest BCUT2D eigenvalue weighted by Crippen LogP contribution is -2.31. The highest BCUT2D eigenvalue weighted by Gasteiger charge is 2.06. The Morgan fingerprint density at radius 3 is 2.17 bits per heavy atom. The van der Waals surface area contributed by atoms with Gasteiger partial charge in [0.25, 0.3) is 0 Å². The van der Waals surface area contributed by atoms with E-state index in [4.69, 9.17) is 0 Å². The van der Waals surface area contributed by atoms with E-state index in [2.05, 4.69) is 24.5 Å². The molecule has 0 rings (SSSR count). The number of Topliss-reactive ketones (excluding diaryl/α,β-unsaturated/α-hetero) is 1. The summed E-state index contributed by atoms with van der Waals surface area (Å²) in [5, 5.41) is 6.07. The summed E-state index contributed by atoms with van der Waals surface area (Å²) in [6.07, 6.45) is 2.88. The Labute approximate surface area is 111 Å². The highest BCUT2D eigenvalue weighted by molar-refractivity contribution is 5.80. The van der Waals surface area contributed by atoms with E-state index < -0.39 is 0 Å². The Morgan fingerprint density at radius 1 is 0.944 bits per heavy atom. The molecule has 18 heavy (non-hydrogen) atoms. The molecule has 0 bridgehead atoms. The van der Waals surface area contributed by atoms with E-state index in [9.17, 15) is 9.59 Å². The zero-order chi connectivity index (χ0) is 14.0. The van der Waals surface area contributed by atoms with Crippen LogP contribution in [0.1, 0.15) is 53.4 Å². The van der Waals surface area contributed by atoms with Gasteiger partial charge in [-0.05, 0) is 12.8 Å². The Morgan fingerprint density at radius 2 is 1.61 bits per heavy atom. The van der Waals surface area contributed by atoms with Crippen molar-refractivity contribution in [3.63, 3.8) is 0 Å². The first kappa shape index (κ1) is 17.1. The average molecular weight is 256 g/mol. The topological polar surface area (TPSA) is 58.2 Å². The molecule has 106 valence electrons. The number of carbonyl (C=O) groups is 2. The molecule has 0 saturated carbocycles. The van der Waals surface area contributed by atoms with Gasteiger partial charge in [-0.15, -0.1) is 0 Å². The van der Waals surface area contributed by atoms with Crippen molar-refractivity contribution in [2.45, 2.75) is 59.4 Å². The summed E-state index contributed by atoms with van der Waals surface area (Å²) >= 11 is 0. The lowest BCUT2D eigenvalue weighted by molar-refractivity contribution is -0.122. The summed E-state index contributed by atoms with van der Waals surface area (Å²) in [5.74, 6) is 0.516. The van der Waals surface area contributed by atoms with Gasteiger partial charge in [-0.25, -0.2) is 0 Å². The van der Waals surface area contributed by atoms with E-state index in [1.54, 1.807) is 0 Å². The first-order valence-corrected chi connectivity index (χ1v) is 6.96. The van der Waals surface area contributed by atoms with Crippen molar-refractivity contribution < 1.29 is 9.59 Å². The van der Waals surface area contributed by atoms with E-state index in [0.717, 1.165) is 19.4 Å². The predicted molar refractivity (Wildman–Crippen MR) is 74.5 cm³/mol. The number of carbonyl (C=O) groups excluding carboxylic acids is 2. The van der Waals surface area contributed by atoms with Crippen LogP contribution in [0.25, 0.3) is 0 Å². The molecule has 0 spiro atoms. The Kier molecular flexibility index (Phi) is 9.56. The van der Waals surface area contributed by atoms with Gasteiger partial charge in [0.15, 0.2) is 0 Å². The maximum absolute atomic E-state index is 11.4. The van der Waals surface area contributed by atoms with Gasteiger partial charge in [-0.1, -0.05) is 27.7 Å². The van der Waals surface area contributed by atoms with Crippen molar-refractivity contribution in [3.05, 3.63) is 0 Å². The van der Waals surface area contributed by atoms with Gasteiger partial charge < -0.3 is 10.6 Å². The van der Waals surface area contributed by atoms with Crippen LogP contribution in [-0.2, 0) is 9.59 Å². The first-order valence-electron chi connectivity index (χ1n) is 6.96. The fourth-order valence-corrected chi connectivity index (χ4v) is 1.50. The van der Waals surface area contributed by atoms with Crippen molar-refractivity contribution in [3.8, 4) is 0 Å². The standard InChI is InChI=1S/C14H28N2O2/c1-11(2)13(17)7-5-6-9-16-14(18)8-10-15-12(3)4/h11-12,15H,5-10H2,1-4H3,(H,16,18). The minimum absolute atomic E-state index is 0.0818. The molecule has 0 fully saturated rings. The quantitative estimate of drug-likeness (QED) is 0.587. The number of amides is 1. The lowest BCUT2D eigenvalue weighted by atomic mass is 10.0. The van der Waals surface area contributed by atoms with Crippen LogP contribution < -0.4 is 10.6 Å². The fraction of sp³-hybridized carbons (Fsp3) is 0.857. The van der Waals surface area contributed by atoms with Crippen molar-refractivity contribution in [1.82, 2.24) is 10.6 Å². The second-order valence-corrected chi connectivity index (χ2v) is 5.29. The highest BCUT2D eigenvalue weighted by Crippen LogP contribution is 2.03. The molecule has 0 heterocycles. The number of rotatable bonds is 10. The minimum Gasteiger partial charge on any atom is -0.356 e.